The molecule has 0 unspecified atom stereocenters. The molecule has 0 radical (unpaired) electrons. The molecule has 4 nitrogen and oxygen atoms in total. The average molecular weight is 112 g/mol. The van der Waals surface area contributed by atoms with Crippen molar-refractivity contribution in [3.63, 3.8) is 0 Å². The van der Waals surface area contributed by atoms with Gasteiger partial charge >= 0.3 is 0 Å². The van der Waals surface area contributed by atoms with Crippen LogP contribution in [-0.2, 0) is 10.2 Å². The topological polar surface area (TPSA) is 86.2 Å². The molecule has 0 rings (SSSR count). The van der Waals surface area contributed by atoms with Crippen LogP contribution in [0.1, 0.15) is 7.43 Å². The van der Waals surface area contributed by atoms with E-state index in [0.717, 1.165) is 0 Å². The summed E-state index contributed by atoms with van der Waals surface area (Å²) in [6.45, 7) is 0. The third kappa shape index (κ3) is 1890. The first-order chi connectivity index (χ1) is 2.00. The largest absolute Gasteiger partial charge is 0.271 e. The first kappa shape index (κ1) is 9.30. The van der Waals surface area contributed by atoms with Crippen LogP contribution in [0.25, 0.3) is 0 Å². The molecule has 4 N–H and O–H groups in total. The lowest BCUT2D eigenvalue weighted by Gasteiger charge is -1.72. The highest BCUT2D eigenvalue weighted by Gasteiger charge is 1.78. The van der Waals surface area contributed by atoms with E-state index in [0.29, 0.717) is 0 Å². The Morgan fingerprint density at radius 3 is 1.17 bits per heavy atom. The molecule has 5 heteroatoms. The smallest absolute Gasteiger partial charge is 0.216 e. The first-order valence-corrected chi connectivity index (χ1v) is 2.41. The second-order valence-electron chi connectivity index (χ2n) is 0.589. The summed E-state index contributed by atoms with van der Waals surface area (Å²) >= 11 is 0. The van der Waals surface area contributed by atoms with E-state index in [1.807, 2.05) is 0 Å². The standard InChI is InChI=1S/CH4.H4N2O2S/c;1-5(2,3)4/h1H4;(H4,1,2,3,4). The molecule has 0 aromatic carbocycles. The van der Waals surface area contributed by atoms with Crippen LogP contribution in [0.3, 0.4) is 0 Å². The highest BCUT2D eigenvalue weighted by Crippen LogP contribution is 1.40. The molecule has 0 spiro atoms. The zero-order chi connectivity index (χ0) is 4.50. The molecule has 0 fully saturated rings. The predicted molar refractivity (Wildman–Crippen MR) is 24.0 cm³/mol. The van der Waals surface area contributed by atoms with Crippen molar-refractivity contribution < 1.29 is 8.42 Å². The monoisotopic (exact) mass is 112 g/mol. The van der Waals surface area contributed by atoms with E-state index in [2.05, 4.69) is 10.3 Å². The van der Waals surface area contributed by atoms with Gasteiger partial charge in [0.25, 0.3) is 10.2 Å². The molecule has 0 saturated carbocycles. The maximum absolute atomic E-state index is 9.19. The zero-order valence-electron chi connectivity index (χ0n) is 2.38. The van der Waals surface area contributed by atoms with Crippen LogP contribution in [0.2, 0.25) is 0 Å². The van der Waals surface area contributed by atoms with Gasteiger partial charge in [0, 0.05) is 0 Å². The van der Waals surface area contributed by atoms with Crippen LogP contribution in [-0.4, -0.2) is 8.42 Å². The van der Waals surface area contributed by atoms with Gasteiger partial charge in [-0.25, -0.2) is 10.3 Å². The number of rotatable bonds is 0. The second-order valence-corrected chi connectivity index (χ2v) is 1.77. The van der Waals surface area contributed by atoms with Gasteiger partial charge in [0.2, 0.25) is 0 Å². The Bertz CT molecular complexity index is 94.7. The molecule has 0 amide bonds. The predicted octanol–water partition coefficient (Wildman–Crippen LogP) is -1.22. The normalized spacial score (nSPS) is 9.67. The molecule has 0 aromatic rings. The van der Waals surface area contributed by atoms with Crippen LogP contribution >= 0.6 is 0 Å². The van der Waals surface area contributed by atoms with Gasteiger partial charge in [-0.15, -0.1) is 0 Å². The van der Waals surface area contributed by atoms with Crippen molar-refractivity contribution in [2.45, 2.75) is 7.43 Å². The molecular weight excluding hydrogens is 104 g/mol. The van der Waals surface area contributed by atoms with E-state index in [4.69, 9.17) is 0 Å². The molecule has 0 aliphatic heterocycles. The summed E-state index contributed by atoms with van der Waals surface area (Å²) in [5, 5.41) is 8.21. The molecule has 0 aromatic heterocycles. The fourth-order valence-electron chi connectivity index (χ4n) is 0. The van der Waals surface area contributed by atoms with Crippen LogP contribution in [0.4, 0.5) is 0 Å². The minimum absolute atomic E-state index is 0. The molecule has 0 heterocycles. The van der Waals surface area contributed by atoms with Crippen LogP contribution in [0.15, 0.2) is 0 Å². The Balaban J connectivity index is 0. The summed E-state index contributed by atoms with van der Waals surface area (Å²) in [6, 6.07) is 0. The van der Waals surface area contributed by atoms with Crippen molar-refractivity contribution in [3.05, 3.63) is 0 Å². The van der Waals surface area contributed by atoms with Crippen molar-refractivity contribution in [2.75, 3.05) is 0 Å². The molecule has 40 valence electrons. The second kappa shape index (κ2) is 2.12. The van der Waals surface area contributed by atoms with Gasteiger partial charge in [0.05, 0.1) is 0 Å². The van der Waals surface area contributed by atoms with Crippen LogP contribution < -0.4 is 10.3 Å². The van der Waals surface area contributed by atoms with E-state index in [1.165, 1.54) is 0 Å². The van der Waals surface area contributed by atoms with Gasteiger partial charge < -0.3 is 0 Å². The highest BCUT2D eigenvalue weighted by molar-refractivity contribution is 7.86. The van der Waals surface area contributed by atoms with Gasteiger partial charge in [-0.05, 0) is 0 Å². The van der Waals surface area contributed by atoms with E-state index >= 15 is 0 Å². The van der Waals surface area contributed by atoms with Gasteiger partial charge in [-0.1, -0.05) is 7.43 Å². The fourth-order valence-corrected chi connectivity index (χ4v) is 0. The van der Waals surface area contributed by atoms with Gasteiger partial charge in [-0.2, -0.15) is 8.42 Å². The first-order valence-electron chi connectivity index (χ1n) is 0.805. The fraction of sp³-hybridized carbons (Fsp3) is 1.00. The minimum atomic E-state index is -3.67. The van der Waals surface area contributed by atoms with E-state index < -0.39 is 10.2 Å². The lowest BCUT2D eigenvalue weighted by atomic mass is 12.0. The molecule has 0 bridgehead atoms. The molecule has 0 atom stereocenters. The summed E-state index contributed by atoms with van der Waals surface area (Å²) < 4.78 is 18.4. The maximum atomic E-state index is 9.19. The third-order valence-corrected chi connectivity index (χ3v) is 0. The van der Waals surface area contributed by atoms with Gasteiger partial charge in [0.1, 0.15) is 0 Å². The molecule has 6 heavy (non-hydrogen) atoms. The quantitative estimate of drug-likeness (QED) is 0.411. The summed E-state index contributed by atoms with van der Waals surface area (Å²) in [5.41, 5.74) is 0. The van der Waals surface area contributed by atoms with Crippen molar-refractivity contribution in [2.24, 2.45) is 10.3 Å². The molecule has 0 saturated heterocycles. The van der Waals surface area contributed by atoms with Crippen LogP contribution in [0, 0.1) is 0 Å². The minimum Gasteiger partial charge on any atom is -0.216 e. The Hall–Kier alpha value is -0.130. The van der Waals surface area contributed by atoms with E-state index in [1.54, 1.807) is 0 Å². The Morgan fingerprint density at radius 1 is 1.17 bits per heavy atom. The van der Waals surface area contributed by atoms with Crippen molar-refractivity contribution in [1.82, 2.24) is 0 Å². The molecule has 0 aliphatic carbocycles. The summed E-state index contributed by atoms with van der Waals surface area (Å²) in [6.07, 6.45) is 0. The Labute approximate surface area is 37.3 Å². The van der Waals surface area contributed by atoms with Crippen molar-refractivity contribution in [3.8, 4) is 0 Å². The van der Waals surface area contributed by atoms with Crippen molar-refractivity contribution >= 4 is 10.2 Å². The molecular formula is CH8N2O2S. The van der Waals surface area contributed by atoms with Gasteiger partial charge in [-0.3, -0.25) is 0 Å². The maximum Gasteiger partial charge on any atom is 0.271 e. The Kier molecular flexibility index (Phi) is 3.28. The van der Waals surface area contributed by atoms with Gasteiger partial charge in [0.15, 0.2) is 0 Å². The zero-order valence-corrected chi connectivity index (χ0v) is 3.20. The highest BCUT2D eigenvalue weighted by atomic mass is 32.2. The van der Waals surface area contributed by atoms with E-state index in [-0.39, 0.29) is 7.43 Å². The summed E-state index contributed by atoms with van der Waals surface area (Å²) in [4.78, 5) is 0. The lowest BCUT2D eigenvalue weighted by molar-refractivity contribution is 0.599. The SMILES string of the molecule is C.NS(N)(=O)=O. The Morgan fingerprint density at radius 2 is 1.17 bits per heavy atom. The number of hydrogen-bond acceptors (Lipinski definition) is 2. The number of nitrogens with two attached hydrogens (primary N) is 2. The van der Waals surface area contributed by atoms with Crippen molar-refractivity contribution in [1.29, 1.82) is 0 Å². The van der Waals surface area contributed by atoms with E-state index in [9.17, 15) is 8.42 Å². The summed E-state index contributed by atoms with van der Waals surface area (Å²) in [5.74, 6) is 0. The summed E-state index contributed by atoms with van der Waals surface area (Å²) in [7, 11) is -3.67. The third-order valence-electron chi connectivity index (χ3n) is 0. The number of hydrogen-bond donors (Lipinski definition) is 2. The lowest BCUT2D eigenvalue weighted by Crippen LogP contribution is -2.21. The average Bonchev–Trinajstić information content (AvgIpc) is 0.722. The van der Waals surface area contributed by atoms with Crippen LogP contribution in [0.5, 0.6) is 0 Å². The molecule has 0 aliphatic rings.